The zero-order chi connectivity index (χ0) is 15.8. The van der Waals surface area contributed by atoms with Gasteiger partial charge in [-0.1, -0.05) is 12.2 Å². The number of methoxy groups -OCH3 is 1. The predicted octanol–water partition coefficient (Wildman–Crippen LogP) is 1.62. The molecule has 21 heavy (non-hydrogen) atoms. The van der Waals surface area contributed by atoms with Crippen LogP contribution < -0.4 is 11.1 Å². The smallest absolute Gasteiger partial charge is 0.238 e. The summed E-state index contributed by atoms with van der Waals surface area (Å²) in [6, 6.07) is 7.46. The van der Waals surface area contributed by atoms with Gasteiger partial charge in [-0.15, -0.1) is 0 Å². The molecule has 0 aliphatic rings. The molecular formula is C15H23N3O2S. The highest BCUT2D eigenvalue weighted by Gasteiger charge is 2.13. The van der Waals surface area contributed by atoms with Crippen LogP contribution in [0.2, 0.25) is 0 Å². The predicted molar refractivity (Wildman–Crippen MR) is 89.5 cm³/mol. The lowest BCUT2D eigenvalue weighted by Crippen LogP contribution is -2.40. The Balaban J connectivity index is 2.57. The van der Waals surface area contributed by atoms with Crippen LogP contribution in [-0.2, 0) is 9.53 Å². The molecule has 0 fully saturated rings. The van der Waals surface area contributed by atoms with Gasteiger partial charge in [-0.2, -0.15) is 0 Å². The van der Waals surface area contributed by atoms with E-state index in [1.807, 2.05) is 0 Å². The second-order valence-electron chi connectivity index (χ2n) is 5.05. The molecule has 0 spiro atoms. The minimum Gasteiger partial charge on any atom is -0.389 e. The Morgan fingerprint density at radius 3 is 2.48 bits per heavy atom. The van der Waals surface area contributed by atoms with Gasteiger partial charge in [0.2, 0.25) is 5.91 Å². The molecule has 3 N–H and O–H groups in total. The minimum atomic E-state index is -0.0529. The number of rotatable bonds is 8. The van der Waals surface area contributed by atoms with E-state index in [-0.39, 0.29) is 11.9 Å². The van der Waals surface area contributed by atoms with Crippen LogP contribution in [0.15, 0.2) is 24.3 Å². The van der Waals surface area contributed by atoms with Gasteiger partial charge in [0.1, 0.15) is 4.99 Å². The van der Waals surface area contributed by atoms with Crippen LogP contribution in [0, 0.1) is 0 Å². The van der Waals surface area contributed by atoms with Gasteiger partial charge in [0.15, 0.2) is 0 Å². The first-order valence-electron chi connectivity index (χ1n) is 6.86. The number of nitrogens with zero attached hydrogens (tertiary/aromatic N) is 1. The van der Waals surface area contributed by atoms with E-state index in [0.29, 0.717) is 18.1 Å². The summed E-state index contributed by atoms with van der Waals surface area (Å²) in [5, 5.41) is 2.86. The van der Waals surface area contributed by atoms with E-state index >= 15 is 0 Å². The molecule has 1 rings (SSSR count). The molecule has 0 aliphatic heterocycles. The second kappa shape index (κ2) is 8.71. The maximum absolute atomic E-state index is 12.1. The lowest BCUT2D eigenvalue weighted by molar-refractivity contribution is -0.117. The maximum Gasteiger partial charge on any atom is 0.238 e. The molecule has 1 aromatic carbocycles. The van der Waals surface area contributed by atoms with E-state index in [4.69, 9.17) is 22.7 Å². The van der Waals surface area contributed by atoms with Crippen molar-refractivity contribution < 1.29 is 9.53 Å². The summed E-state index contributed by atoms with van der Waals surface area (Å²) in [4.78, 5) is 14.5. The number of carbonyl (C=O) groups excluding carboxylic acids is 1. The van der Waals surface area contributed by atoms with Gasteiger partial charge < -0.3 is 15.8 Å². The van der Waals surface area contributed by atoms with Crippen molar-refractivity contribution in [1.82, 2.24) is 4.90 Å². The Bertz CT molecular complexity index is 474. The zero-order valence-electron chi connectivity index (χ0n) is 12.8. The van der Waals surface area contributed by atoms with Crippen LogP contribution in [-0.4, -0.2) is 48.6 Å². The molecule has 0 radical (unpaired) electrons. The van der Waals surface area contributed by atoms with E-state index in [1.54, 1.807) is 31.4 Å². The van der Waals surface area contributed by atoms with E-state index in [2.05, 4.69) is 24.1 Å². The lowest BCUT2D eigenvalue weighted by Gasteiger charge is -2.25. The standard InChI is InChI=1S/C15H23N3O2S/c1-11(2)18(8-9-20-3)10-14(19)17-13-6-4-12(5-7-13)15(16)21/h4-7,11H,8-10H2,1-3H3,(H2,16,21)(H,17,19). The van der Waals surface area contributed by atoms with Gasteiger partial charge in [-0.25, -0.2) is 0 Å². The average molecular weight is 309 g/mol. The molecule has 116 valence electrons. The van der Waals surface area contributed by atoms with Gasteiger partial charge >= 0.3 is 0 Å². The first-order valence-corrected chi connectivity index (χ1v) is 7.27. The number of carbonyl (C=O) groups is 1. The van der Waals surface area contributed by atoms with Crippen molar-refractivity contribution in [1.29, 1.82) is 0 Å². The quantitative estimate of drug-likeness (QED) is 0.714. The third-order valence-electron chi connectivity index (χ3n) is 3.11. The van der Waals surface area contributed by atoms with Crippen molar-refractivity contribution in [2.24, 2.45) is 5.73 Å². The maximum atomic E-state index is 12.1. The third-order valence-corrected chi connectivity index (χ3v) is 3.35. The number of thiocarbonyl (C=S) groups is 1. The third kappa shape index (κ3) is 6.20. The van der Waals surface area contributed by atoms with Crippen LogP contribution in [0.25, 0.3) is 0 Å². The van der Waals surface area contributed by atoms with Gasteiger partial charge in [0, 0.05) is 30.9 Å². The summed E-state index contributed by atoms with van der Waals surface area (Å²) >= 11 is 4.89. The molecule has 1 aromatic rings. The van der Waals surface area contributed by atoms with Crippen molar-refractivity contribution >= 4 is 28.8 Å². The van der Waals surface area contributed by atoms with Gasteiger partial charge in [0.25, 0.3) is 0 Å². The normalized spacial score (nSPS) is 10.9. The highest BCUT2D eigenvalue weighted by atomic mass is 32.1. The minimum absolute atomic E-state index is 0.0529. The van der Waals surface area contributed by atoms with Crippen LogP contribution in [0.3, 0.4) is 0 Å². The molecule has 6 heteroatoms. The number of hydrogen-bond donors (Lipinski definition) is 2. The summed E-state index contributed by atoms with van der Waals surface area (Å²) in [5.74, 6) is -0.0529. The van der Waals surface area contributed by atoms with Gasteiger partial charge in [-0.05, 0) is 38.1 Å². The monoisotopic (exact) mass is 309 g/mol. The number of hydrogen-bond acceptors (Lipinski definition) is 4. The van der Waals surface area contributed by atoms with E-state index in [1.165, 1.54) is 0 Å². The van der Waals surface area contributed by atoms with E-state index in [0.717, 1.165) is 17.8 Å². The molecule has 0 unspecified atom stereocenters. The van der Waals surface area contributed by atoms with Crippen LogP contribution in [0.1, 0.15) is 19.4 Å². The largest absolute Gasteiger partial charge is 0.389 e. The van der Waals surface area contributed by atoms with E-state index in [9.17, 15) is 4.79 Å². The number of amides is 1. The molecule has 5 nitrogen and oxygen atoms in total. The molecule has 0 atom stereocenters. The van der Waals surface area contributed by atoms with Crippen molar-refractivity contribution in [3.05, 3.63) is 29.8 Å². The Morgan fingerprint density at radius 2 is 2.00 bits per heavy atom. The van der Waals surface area contributed by atoms with Crippen LogP contribution in [0.5, 0.6) is 0 Å². The van der Waals surface area contributed by atoms with Crippen LogP contribution >= 0.6 is 12.2 Å². The first-order chi connectivity index (χ1) is 9.93. The highest BCUT2D eigenvalue weighted by Crippen LogP contribution is 2.10. The van der Waals surface area contributed by atoms with Gasteiger partial charge in [-0.3, -0.25) is 9.69 Å². The molecule has 0 saturated heterocycles. The fourth-order valence-corrected chi connectivity index (χ4v) is 1.97. The van der Waals surface area contributed by atoms with E-state index < -0.39 is 0 Å². The summed E-state index contributed by atoms with van der Waals surface area (Å²) in [6.07, 6.45) is 0. The van der Waals surface area contributed by atoms with Crippen molar-refractivity contribution in [3.8, 4) is 0 Å². The molecule has 1 amide bonds. The fraction of sp³-hybridized carbons (Fsp3) is 0.467. The number of anilines is 1. The van der Waals surface area contributed by atoms with Gasteiger partial charge in [0.05, 0.1) is 13.2 Å². The average Bonchev–Trinajstić information content (AvgIpc) is 2.43. The summed E-state index contributed by atoms with van der Waals surface area (Å²) < 4.78 is 5.06. The Morgan fingerprint density at radius 1 is 1.38 bits per heavy atom. The SMILES string of the molecule is COCCN(CC(=O)Nc1ccc(C(N)=S)cc1)C(C)C. The first kappa shape index (κ1) is 17.6. The number of nitrogens with one attached hydrogen (secondary N) is 1. The lowest BCUT2D eigenvalue weighted by atomic mass is 10.2. The van der Waals surface area contributed by atoms with Crippen LogP contribution in [0.4, 0.5) is 5.69 Å². The number of ether oxygens (including phenoxy) is 1. The highest BCUT2D eigenvalue weighted by molar-refractivity contribution is 7.80. The molecule has 0 aliphatic carbocycles. The fourth-order valence-electron chi connectivity index (χ4n) is 1.83. The van der Waals surface area contributed by atoms with Crippen molar-refractivity contribution in [2.75, 3.05) is 32.1 Å². The Labute approximate surface area is 131 Å². The summed E-state index contributed by atoms with van der Waals surface area (Å²) in [7, 11) is 1.65. The molecule has 0 bridgehead atoms. The number of benzene rings is 1. The Kier molecular flexibility index (Phi) is 7.28. The molecular weight excluding hydrogens is 286 g/mol. The van der Waals surface area contributed by atoms with Crippen molar-refractivity contribution in [3.63, 3.8) is 0 Å². The molecule has 0 aromatic heterocycles. The van der Waals surface area contributed by atoms with Crippen molar-refractivity contribution in [2.45, 2.75) is 19.9 Å². The summed E-state index contributed by atoms with van der Waals surface area (Å²) in [6.45, 7) is 5.77. The Hall–Kier alpha value is -1.50. The molecule has 0 saturated carbocycles. The zero-order valence-corrected chi connectivity index (χ0v) is 13.6. The summed E-state index contributed by atoms with van der Waals surface area (Å²) in [5.41, 5.74) is 7.05. The molecule has 0 heterocycles. The number of nitrogens with two attached hydrogens (primary N) is 1. The topological polar surface area (TPSA) is 67.6 Å². The second-order valence-corrected chi connectivity index (χ2v) is 5.49.